The normalized spacial score (nSPS) is 17.7. The second-order valence-corrected chi connectivity index (χ2v) is 9.74. The monoisotopic (exact) mass is 523 g/mol. The van der Waals surface area contributed by atoms with E-state index >= 15 is 0 Å². The number of hydrogen-bond donors (Lipinski definition) is 1. The molecule has 1 N–H and O–H groups in total. The molecule has 3 aromatic rings. The molecule has 2 aromatic heterocycles. The highest BCUT2D eigenvalue weighted by atomic mass is 19.4. The SMILES string of the molecule is CN(C(=O)c1ccc2c(c1)[C@H](NC(=O)c1cnccc1C(F)(F)F)CC2)C1CCN(c2ccncc2)CC1. The number of aromatic nitrogens is 2. The Morgan fingerprint density at radius 2 is 1.71 bits per heavy atom. The molecule has 2 aliphatic rings. The molecule has 0 bridgehead atoms. The second kappa shape index (κ2) is 10.4. The number of nitrogens with zero attached hydrogens (tertiary/aromatic N) is 4. The highest BCUT2D eigenvalue weighted by molar-refractivity contribution is 5.96. The maximum Gasteiger partial charge on any atom is 0.417 e. The van der Waals surface area contributed by atoms with E-state index in [-0.39, 0.29) is 11.9 Å². The quantitative estimate of drug-likeness (QED) is 0.527. The predicted molar refractivity (Wildman–Crippen MR) is 136 cm³/mol. The number of carbonyl (C=O) groups is 2. The van der Waals surface area contributed by atoms with Crippen molar-refractivity contribution in [2.45, 2.75) is 43.9 Å². The van der Waals surface area contributed by atoms with Crippen molar-refractivity contribution in [2.75, 3.05) is 25.0 Å². The van der Waals surface area contributed by atoms with Crippen LogP contribution in [0.1, 0.15) is 62.7 Å². The number of pyridine rings is 2. The lowest BCUT2D eigenvalue weighted by Crippen LogP contribution is -2.45. The van der Waals surface area contributed by atoms with Crippen LogP contribution in [0.5, 0.6) is 0 Å². The highest BCUT2D eigenvalue weighted by Gasteiger charge is 2.36. The Morgan fingerprint density at radius 1 is 1.00 bits per heavy atom. The van der Waals surface area contributed by atoms with Gasteiger partial charge in [-0.15, -0.1) is 0 Å². The Kier molecular flexibility index (Phi) is 7.05. The first-order valence-electron chi connectivity index (χ1n) is 12.6. The van der Waals surface area contributed by atoms with Crippen LogP contribution in [-0.4, -0.2) is 52.9 Å². The minimum atomic E-state index is -4.66. The van der Waals surface area contributed by atoms with Crippen molar-refractivity contribution < 1.29 is 22.8 Å². The van der Waals surface area contributed by atoms with Crippen LogP contribution in [0.15, 0.2) is 61.2 Å². The van der Waals surface area contributed by atoms with Crippen LogP contribution >= 0.6 is 0 Å². The number of halogens is 3. The molecule has 1 aromatic carbocycles. The topological polar surface area (TPSA) is 78.4 Å². The van der Waals surface area contributed by atoms with Gasteiger partial charge in [0.05, 0.1) is 17.2 Å². The second-order valence-electron chi connectivity index (χ2n) is 9.74. The lowest BCUT2D eigenvalue weighted by molar-refractivity contribution is -0.138. The molecule has 1 saturated heterocycles. The molecule has 1 aliphatic carbocycles. The van der Waals surface area contributed by atoms with Gasteiger partial charge in [0.25, 0.3) is 11.8 Å². The molecule has 198 valence electrons. The molecule has 5 rings (SSSR count). The van der Waals surface area contributed by atoms with Gasteiger partial charge in [0.2, 0.25) is 0 Å². The average molecular weight is 524 g/mol. The fourth-order valence-corrected chi connectivity index (χ4v) is 5.38. The molecular weight excluding hydrogens is 495 g/mol. The number of hydrogen-bond acceptors (Lipinski definition) is 5. The van der Waals surface area contributed by atoms with Gasteiger partial charge >= 0.3 is 6.18 Å². The molecule has 0 unspecified atom stereocenters. The molecule has 0 radical (unpaired) electrons. The summed E-state index contributed by atoms with van der Waals surface area (Å²) in [6, 6.07) is 9.80. The summed E-state index contributed by atoms with van der Waals surface area (Å²) in [6.45, 7) is 1.66. The van der Waals surface area contributed by atoms with Crippen molar-refractivity contribution in [3.05, 3.63) is 89.0 Å². The van der Waals surface area contributed by atoms with Crippen molar-refractivity contribution in [3.63, 3.8) is 0 Å². The van der Waals surface area contributed by atoms with Gasteiger partial charge in [0.15, 0.2) is 0 Å². The summed E-state index contributed by atoms with van der Waals surface area (Å²) >= 11 is 0. The molecule has 38 heavy (non-hydrogen) atoms. The van der Waals surface area contributed by atoms with E-state index in [9.17, 15) is 22.8 Å². The lowest BCUT2D eigenvalue weighted by atomic mass is 10.00. The zero-order chi connectivity index (χ0) is 26.9. The van der Waals surface area contributed by atoms with Crippen LogP contribution in [0.4, 0.5) is 18.9 Å². The van der Waals surface area contributed by atoms with Crippen LogP contribution in [0.3, 0.4) is 0 Å². The third-order valence-corrected chi connectivity index (χ3v) is 7.51. The first-order valence-corrected chi connectivity index (χ1v) is 12.6. The van der Waals surface area contributed by atoms with Crippen LogP contribution in [0, 0.1) is 0 Å². The Balaban J connectivity index is 1.27. The van der Waals surface area contributed by atoms with Crippen LogP contribution in [-0.2, 0) is 12.6 Å². The van der Waals surface area contributed by atoms with E-state index in [2.05, 4.69) is 20.2 Å². The highest BCUT2D eigenvalue weighted by Crippen LogP contribution is 2.35. The zero-order valence-corrected chi connectivity index (χ0v) is 20.9. The number of rotatable bonds is 5. The first kappa shape index (κ1) is 25.7. The van der Waals surface area contributed by atoms with E-state index in [1.165, 1.54) is 0 Å². The van der Waals surface area contributed by atoms with Gasteiger partial charge in [-0.2, -0.15) is 13.2 Å². The summed E-state index contributed by atoms with van der Waals surface area (Å²) in [7, 11) is 1.81. The smallest absolute Gasteiger partial charge is 0.371 e. The summed E-state index contributed by atoms with van der Waals surface area (Å²) in [5.41, 5.74) is 1.82. The minimum Gasteiger partial charge on any atom is -0.371 e. The molecule has 3 heterocycles. The van der Waals surface area contributed by atoms with E-state index in [4.69, 9.17) is 0 Å². The van der Waals surface area contributed by atoms with Crippen molar-refractivity contribution in [1.82, 2.24) is 20.2 Å². The maximum atomic E-state index is 13.4. The van der Waals surface area contributed by atoms with E-state index < -0.39 is 29.3 Å². The molecular formula is C28H28F3N5O2. The molecule has 1 aliphatic heterocycles. The largest absolute Gasteiger partial charge is 0.417 e. The van der Waals surface area contributed by atoms with Crippen molar-refractivity contribution >= 4 is 17.5 Å². The number of piperidine rings is 1. The fourth-order valence-electron chi connectivity index (χ4n) is 5.38. The summed E-state index contributed by atoms with van der Waals surface area (Å²) in [5, 5.41) is 2.73. The van der Waals surface area contributed by atoms with E-state index in [0.29, 0.717) is 18.4 Å². The maximum absolute atomic E-state index is 13.4. The molecule has 0 spiro atoms. The molecule has 0 saturated carbocycles. The van der Waals surface area contributed by atoms with Gasteiger partial charge in [-0.25, -0.2) is 0 Å². The standard InChI is InChI=1S/C28H28F3N5O2/c1-35(20-9-14-36(15-10-20)21-6-11-32-12-7-21)27(38)19-3-2-18-4-5-25(22(18)16-19)34-26(37)23-17-33-13-8-24(23)28(29,30)31/h2-3,6-8,11-13,16-17,20,25H,4-5,9-10,14-15H2,1H3,(H,34,37)/t25-/m1/s1. The summed E-state index contributed by atoms with van der Waals surface area (Å²) in [5.74, 6) is -0.947. The van der Waals surface area contributed by atoms with E-state index in [0.717, 1.165) is 61.2 Å². The molecule has 1 atom stereocenters. The van der Waals surface area contributed by atoms with Crippen molar-refractivity contribution in [2.24, 2.45) is 0 Å². The Hall–Kier alpha value is -3.95. The number of aryl methyl sites for hydroxylation is 1. The zero-order valence-electron chi connectivity index (χ0n) is 20.9. The van der Waals surface area contributed by atoms with Gasteiger partial charge in [-0.1, -0.05) is 6.07 Å². The third-order valence-electron chi connectivity index (χ3n) is 7.51. The van der Waals surface area contributed by atoms with Gasteiger partial charge in [-0.3, -0.25) is 19.6 Å². The Morgan fingerprint density at radius 3 is 2.42 bits per heavy atom. The molecule has 7 nitrogen and oxygen atoms in total. The van der Waals surface area contributed by atoms with E-state index in [1.807, 2.05) is 25.2 Å². The van der Waals surface area contributed by atoms with Gasteiger partial charge < -0.3 is 15.1 Å². The summed E-state index contributed by atoms with van der Waals surface area (Å²) in [6.07, 6.45) is 3.70. The van der Waals surface area contributed by atoms with Gasteiger partial charge in [0, 0.05) is 62.2 Å². The Bertz CT molecular complexity index is 1320. The van der Waals surface area contributed by atoms with Crippen molar-refractivity contribution in [1.29, 1.82) is 0 Å². The molecule has 2 amide bonds. The van der Waals surface area contributed by atoms with Gasteiger partial charge in [-0.05, 0) is 67.1 Å². The van der Waals surface area contributed by atoms with E-state index in [1.54, 1.807) is 29.4 Å². The number of carbonyl (C=O) groups excluding carboxylic acids is 2. The summed E-state index contributed by atoms with van der Waals surface area (Å²) < 4.78 is 40.2. The van der Waals surface area contributed by atoms with Gasteiger partial charge in [0.1, 0.15) is 0 Å². The number of nitrogens with one attached hydrogen (secondary N) is 1. The average Bonchev–Trinajstić information content (AvgIpc) is 3.34. The fraction of sp³-hybridized carbons (Fsp3) is 0.357. The number of anilines is 1. The lowest BCUT2D eigenvalue weighted by Gasteiger charge is -2.38. The minimum absolute atomic E-state index is 0.0933. The van der Waals surface area contributed by atoms with Crippen molar-refractivity contribution in [3.8, 4) is 0 Å². The number of benzene rings is 1. The van der Waals surface area contributed by atoms with Crippen LogP contribution in [0.2, 0.25) is 0 Å². The molecule has 10 heteroatoms. The number of fused-ring (bicyclic) bond motifs is 1. The van der Waals surface area contributed by atoms with Crippen LogP contribution in [0.25, 0.3) is 0 Å². The predicted octanol–water partition coefficient (Wildman–Crippen LogP) is 4.65. The third kappa shape index (κ3) is 5.20. The van der Waals surface area contributed by atoms with Crippen LogP contribution < -0.4 is 10.2 Å². The summed E-state index contributed by atoms with van der Waals surface area (Å²) in [4.78, 5) is 38.0. The number of alkyl halides is 3. The number of amides is 2. The first-order chi connectivity index (χ1) is 18.2. The molecule has 1 fully saturated rings. The Labute approximate surface area is 218 Å².